The van der Waals surface area contributed by atoms with Gasteiger partial charge in [0, 0.05) is 26.3 Å². The zero-order chi connectivity index (χ0) is 22.4. The number of hydrogen-bond donors (Lipinski definition) is 3. The monoisotopic (exact) mass is 478 g/mol. The molecule has 0 spiro atoms. The van der Waals surface area contributed by atoms with Gasteiger partial charge in [0.25, 0.3) is 0 Å². The highest BCUT2D eigenvalue weighted by Gasteiger charge is 2.33. The van der Waals surface area contributed by atoms with Crippen LogP contribution in [0.1, 0.15) is 12.8 Å². The van der Waals surface area contributed by atoms with Crippen LogP contribution in [0.3, 0.4) is 0 Å². The molecule has 2 aromatic carbocycles. The van der Waals surface area contributed by atoms with Gasteiger partial charge in [0.05, 0.1) is 17.6 Å². The van der Waals surface area contributed by atoms with Crippen molar-refractivity contribution in [2.24, 2.45) is 11.8 Å². The molecule has 0 bridgehead atoms. The molecule has 2 unspecified atom stereocenters. The van der Waals surface area contributed by atoms with E-state index in [0.29, 0.717) is 34.3 Å². The third kappa shape index (κ3) is 6.75. The molecular weight excluding hydrogens is 459 g/mol. The van der Waals surface area contributed by atoms with Crippen LogP contribution in [0.2, 0.25) is 10.0 Å². The summed E-state index contributed by atoms with van der Waals surface area (Å²) >= 11 is 13.2. The van der Waals surface area contributed by atoms with Crippen LogP contribution in [0.25, 0.3) is 0 Å². The second-order valence-electron chi connectivity index (χ2n) is 7.00. The highest BCUT2D eigenvalue weighted by atomic mass is 35.5. The van der Waals surface area contributed by atoms with E-state index in [0.717, 1.165) is 4.90 Å². The fraction of sp³-hybridized carbons (Fsp3) is 0.227. The van der Waals surface area contributed by atoms with Crippen molar-refractivity contribution in [3.63, 3.8) is 0 Å². The fourth-order valence-electron chi connectivity index (χ4n) is 3.22. The number of aliphatic carboxylic acids is 1. The molecule has 0 saturated carbocycles. The molecule has 0 aliphatic heterocycles. The Morgan fingerprint density at radius 1 is 0.903 bits per heavy atom. The Morgan fingerprint density at radius 3 is 2.13 bits per heavy atom. The van der Waals surface area contributed by atoms with E-state index in [1.165, 1.54) is 11.8 Å². The minimum Gasteiger partial charge on any atom is -0.481 e. The third-order valence-electron chi connectivity index (χ3n) is 4.72. The number of halogens is 2. The predicted molar refractivity (Wildman–Crippen MR) is 124 cm³/mol. The first-order chi connectivity index (χ1) is 14.8. The number of carboxylic acid groups (broad SMARTS) is 1. The standard InChI is InChI=1S/C22H20Cl2N2O4S/c23-13-9-14(24)11-16(10-13)25-20(27)12-31-17-7-5-15(6-8-17)26-21(28)18-3-1-2-4-19(18)22(29)30/h1-2,5-11,18-19H,3-4,12H2,(H,25,27)(H,26,28)(H,29,30). The molecule has 0 fully saturated rings. The number of thioether (sulfide) groups is 1. The van der Waals surface area contributed by atoms with Gasteiger partial charge in [0.2, 0.25) is 11.8 Å². The van der Waals surface area contributed by atoms with Crippen LogP contribution in [0.4, 0.5) is 11.4 Å². The van der Waals surface area contributed by atoms with Gasteiger partial charge in [0.1, 0.15) is 0 Å². The maximum absolute atomic E-state index is 12.5. The van der Waals surface area contributed by atoms with Crippen molar-refractivity contribution in [3.8, 4) is 0 Å². The average molecular weight is 479 g/mol. The Balaban J connectivity index is 1.51. The van der Waals surface area contributed by atoms with E-state index in [9.17, 15) is 19.5 Å². The number of carboxylic acids is 1. The Labute approximate surface area is 194 Å². The third-order valence-corrected chi connectivity index (χ3v) is 6.17. The highest BCUT2D eigenvalue weighted by Crippen LogP contribution is 2.28. The van der Waals surface area contributed by atoms with Crippen LogP contribution in [0, 0.1) is 11.8 Å². The normalized spacial score (nSPS) is 17.7. The summed E-state index contributed by atoms with van der Waals surface area (Å²) in [6, 6.07) is 11.8. The van der Waals surface area contributed by atoms with Crippen LogP contribution in [0.15, 0.2) is 59.5 Å². The van der Waals surface area contributed by atoms with Gasteiger partial charge in [-0.3, -0.25) is 14.4 Å². The molecule has 2 aromatic rings. The van der Waals surface area contributed by atoms with E-state index in [-0.39, 0.29) is 17.6 Å². The number of allylic oxidation sites excluding steroid dienone is 2. The molecule has 2 amide bonds. The number of hydrogen-bond acceptors (Lipinski definition) is 4. The first-order valence-corrected chi connectivity index (χ1v) is 11.2. The second kappa shape index (κ2) is 10.7. The average Bonchev–Trinajstić information content (AvgIpc) is 2.72. The zero-order valence-electron chi connectivity index (χ0n) is 16.3. The fourth-order valence-corrected chi connectivity index (χ4v) is 4.44. The minimum atomic E-state index is -0.963. The topological polar surface area (TPSA) is 95.5 Å². The number of amides is 2. The summed E-state index contributed by atoms with van der Waals surface area (Å²) in [6.45, 7) is 0. The molecule has 3 N–H and O–H groups in total. The van der Waals surface area contributed by atoms with Gasteiger partial charge < -0.3 is 15.7 Å². The largest absolute Gasteiger partial charge is 0.481 e. The lowest BCUT2D eigenvalue weighted by molar-refractivity contribution is -0.146. The lowest BCUT2D eigenvalue weighted by Crippen LogP contribution is -2.34. The molecule has 6 nitrogen and oxygen atoms in total. The van der Waals surface area contributed by atoms with Crippen molar-refractivity contribution < 1.29 is 19.5 Å². The SMILES string of the molecule is O=C(CSc1ccc(NC(=O)C2CC=CCC2C(=O)O)cc1)Nc1cc(Cl)cc(Cl)c1. The van der Waals surface area contributed by atoms with Crippen molar-refractivity contribution >= 4 is 64.1 Å². The quantitative estimate of drug-likeness (QED) is 0.369. The van der Waals surface area contributed by atoms with E-state index < -0.39 is 17.8 Å². The van der Waals surface area contributed by atoms with Crippen molar-refractivity contribution in [1.82, 2.24) is 0 Å². The van der Waals surface area contributed by atoms with E-state index in [1.54, 1.807) is 48.5 Å². The number of rotatable bonds is 7. The highest BCUT2D eigenvalue weighted by molar-refractivity contribution is 8.00. The molecule has 0 radical (unpaired) electrons. The summed E-state index contributed by atoms with van der Waals surface area (Å²) in [7, 11) is 0. The van der Waals surface area contributed by atoms with E-state index in [1.807, 2.05) is 6.08 Å². The summed E-state index contributed by atoms with van der Waals surface area (Å²) < 4.78 is 0. The van der Waals surface area contributed by atoms with Crippen LogP contribution >= 0.6 is 35.0 Å². The van der Waals surface area contributed by atoms with Crippen molar-refractivity contribution in [2.75, 3.05) is 16.4 Å². The van der Waals surface area contributed by atoms with Crippen molar-refractivity contribution in [1.29, 1.82) is 0 Å². The van der Waals surface area contributed by atoms with Gasteiger partial charge in [-0.2, -0.15) is 0 Å². The smallest absolute Gasteiger partial charge is 0.307 e. The lowest BCUT2D eigenvalue weighted by atomic mass is 9.82. The van der Waals surface area contributed by atoms with Crippen LogP contribution in [0.5, 0.6) is 0 Å². The van der Waals surface area contributed by atoms with E-state index >= 15 is 0 Å². The first kappa shape index (κ1) is 23.2. The number of carbonyl (C=O) groups excluding carboxylic acids is 2. The van der Waals surface area contributed by atoms with E-state index in [2.05, 4.69) is 10.6 Å². The molecule has 3 rings (SSSR count). The van der Waals surface area contributed by atoms with Crippen molar-refractivity contribution in [3.05, 3.63) is 64.7 Å². The summed E-state index contributed by atoms with van der Waals surface area (Å²) in [5, 5.41) is 15.7. The number of carbonyl (C=O) groups is 3. The lowest BCUT2D eigenvalue weighted by Gasteiger charge is -2.24. The van der Waals surface area contributed by atoms with Gasteiger partial charge in [0.15, 0.2) is 0 Å². The van der Waals surface area contributed by atoms with Gasteiger partial charge in [-0.15, -0.1) is 11.8 Å². The van der Waals surface area contributed by atoms with Crippen LogP contribution in [-0.2, 0) is 14.4 Å². The van der Waals surface area contributed by atoms with Crippen LogP contribution < -0.4 is 10.6 Å². The molecule has 1 aliphatic carbocycles. The van der Waals surface area contributed by atoms with Crippen LogP contribution in [-0.4, -0.2) is 28.6 Å². The molecule has 1 aliphatic rings. The Kier molecular flexibility index (Phi) is 8.01. The summed E-state index contributed by atoms with van der Waals surface area (Å²) in [6.07, 6.45) is 4.40. The maximum Gasteiger partial charge on any atom is 0.307 e. The Hall–Kier alpha value is -2.48. The molecule has 2 atom stereocenters. The van der Waals surface area contributed by atoms with E-state index in [4.69, 9.17) is 23.2 Å². The van der Waals surface area contributed by atoms with Crippen molar-refractivity contribution in [2.45, 2.75) is 17.7 Å². The maximum atomic E-state index is 12.5. The van der Waals surface area contributed by atoms with Gasteiger partial charge >= 0.3 is 5.97 Å². The number of anilines is 2. The molecular formula is C22H20Cl2N2O4S. The summed E-state index contributed by atoms with van der Waals surface area (Å²) in [5.74, 6) is -2.60. The summed E-state index contributed by atoms with van der Waals surface area (Å²) in [4.78, 5) is 36.9. The molecule has 162 valence electrons. The predicted octanol–water partition coefficient (Wildman–Crippen LogP) is 5.33. The number of benzene rings is 2. The summed E-state index contributed by atoms with van der Waals surface area (Å²) in [5.41, 5.74) is 1.10. The Bertz CT molecular complexity index is 991. The zero-order valence-corrected chi connectivity index (χ0v) is 18.6. The molecule has 9 heteroatoms. The molecule has 0 heterocycles. The van der Waals surface area contributed by atoms with Gasteiger partial charge in [-0.1, -0.05) is 35.4 Å². The molecule has 31 heavy (non-hydrogen) atoms. The second-order valence-corrected chi connectivity index (χ2v) is 8.92. The van der Waals surface area contributed by atoms with Gasteiger partial charge in [-0.05, 0) is 55.3 Å². The first-order valence-electron chi connectivity index (χ1n) is 9.49. The molecule has 0 aromatic heterocycles. The number of nitrogens with one attached hydrogen (secondary N) is 2. The minimum absolute atomic E-state index is 0.185. The Morgan fingerprint density at radius 2 is 1.52 bits per heavy atom. The molecule has 0 saturated heterocycles. The van der Waals surface area contributed by atoms with Gasteiger partial charge in [-0.25, -0.2) is 0 Å².